The summed E-state index contributed by atoms with van der Waals surface area (Å²) in [5, 5.41) is 42.6. The Balaban J connectivity index is 2.37. The van der Waals surface area contributed by atoms with E-state index in [0.29, 0.717) is 6.42 Å². The van der Waals surface area contributed by atoms with Crippen molar-refractivity contribution in [1.29, 1.82) is 0 Å². The van der Waals surface area contributed by atoms with Crippen LogP contribution in [0.4, 0.5) is 0 Å². The van der Waals surface area contributed by atoms with Crippen molar-refractivity contribution < 1.29 is 34.7 Å². The Kier molecular flexibility index (Phi) is 4.86. The van der Waals surface area contributed by atoms with Crippen LogP contribution in [-0.2, 0) is 14.3 Å². The van der Waals surface area contributed by atoms with Crippen molar-refractivity contribution in [2.75, 3.05) is 13.7 Å². The molecule has 2 fully saturated rings. The lowest BCUT2D eigenvalue weighted by Gasteiger charge is -2.48. The van der Waals surface area contributed by atoms with Gasteiger partial charge in [-0.2, -0.15) is 0 Å². The maximum Gasteiger partial charge on any atom is 0.325 e. The predicted octanol–water partition coefficient (Wildman–Crippen LogP) is -2.49. The topological polar surface area (TPSA) is 128 Å². The third-order valence-corrected chi connectivity index (χ3v) is 4.49. The number of hydrogen-bond acceptors (Lipinski definition) is 8. The van der Waals surface area contributed by atoms with Crippen LogP contribution in [0.1, 0.15) is 19.8 Å². The average molecular weight is 305 g/mol. The molecule has 2 aliphatic rings. The molecule has 0 radical (unpaired) electrons. The fraction of sp³-hybridized carbons (Fsp3) is 0.923. The Bertz CT molecular complexity index is 391. The molecule has 1 spiro atoms. The molecule has 8 heteroatoms. The molecule has 2 aliphatic heterocycles. The number of carbonyl (C=O) groups is 1. The summed E-state index contributed by atoms with van der Waals surface area (Å²) in [6.45, 7) is 1.38. The van der Waals surface area contributed by atoms with Crippen LogP contribution in [0.15, 0.2) is 0 Å². The van der Waals surface area contributed by atoms with Gasteiger partial charge in [0.15, 0.2) is 0 Å². The van der Waals surface area contributed by atoms with Gasteiger partial charge in [-0.25, -0.2) is 0 Å². The lowest BCUT2D eigenvalue weighted by Crippen LogP contribution is -2.70. The Morgan fingerprint density at radius 3 is 2.57 bits per heavy atom. The molecule has 0 aliphatic carbocycles. The average Bonchev–Trinajstić information content (AvgIpc) is 2.88. The molecule has 0 bridgehead atoms. The van der Waals surface area contributed by atoms with Crippen LogP contribution < -0.4 is 5.32 Å². The summed E-state index contributed by atoms with van der Waals surface area (Å²) in [6, 6.07) is -1.08. The van der Waals surface area contributed by atoms with Gasteiger partial charge in [0.2, 0.25) is 0 Å². The Morgan fingerprint density at radius 1 is 1.38 bits per heavy atom. The minimum Gasteiger partial charge on any atom is -0.468 e. The highest BCUT2D eigenvalue weighted by atomic mass is 16.6. The molecule has 2 saturated heterocycles. The van der Waals surface area contributed by atoms with E-state index < -0.39 is 48.6 Å². The molecule has 4 unspecified atom stereocenters. The molecule has 7 atom stereocenters. The van der Waals surface area contributed by atoms with Gasteiger partial charge in [-0.1, -0.05) is 6.92 Å². The molecular weight excluding hydrogens is 282 g/mol. The van der Waals surface area contributed by atoms with Gasteiger partial charge in [0.1, 0.15) is 36.1 Å². The summed E-state index contributed by atoms with van der Waals surface area (Å²) < 4.78 is 10.4. The number of ether oxygens (including phenoxy) is 2. The van der Waals surface area contributed by atoms with Crippen LogP contribution in [0, 0.1) is 0 Å². The van der Waals surface area contributed by atoms with Crippen molar-refractivity contribution in [2.45, 2.75) is 61.9 Å². The largest absolute Gasteiger partial charge is 0.468 e. The third kappa shape index (κ3) is 2.56. The quantitative estimate of drug-likeness (QED) is 0.362. The highest BCUT2D eigenvalue weighted by molar-refractivity contribution is 5.78. The van der Waals surface area contributed by atoms with Gasteiger partial charge in [0.05, 0.1) is 13.7 Å². The zero-order valence-electron chi connectivity index (χ0n) is 12.1. The molecule has 0 aromatic carbocycles. The molecular formula is C13H23NO7. The number of hydrogen-bond donors (Lipinski definition) is 5. The molecule has 2 heterocycles. The van der Waals surface area contributed by atoms with E-state index in [4.69, 9.17) is 9.47 Å². The van der Waals surface area contributed by atoms with Crippen LogP contribution in [0.3, 0.4) is 0 Å². The number of esters is 1. The number of carbonyl (C=O) groups excluding carboxylic acids is 1. The second-order valence-electron chi connectivity index (χ2n) is 5.65. The molecule has 122 valence electrons. The summed E-state index contributed by atoms with van der Waals surface area (Å²) in [5.41, 5.74) is -1.43. The standard InChI is InChI=1S/C13H23NO7/c1-3-6-4-13(10(14-6)12(19)20-2)11(18)9(17)8(16)7(5-15)21-13/h6-11,14-18H,3-5H2,1-2H3/t6?,7?,8-,9+,10?,11?,13+/m1/s1. The lowest BCUT2D eigenvalue weighted by atomic mass is 9.78. The van der Waals surface area contributed by atoms with Crippen LogP contribution in [-0.4, -0.2) is 82.2 Å². The fourth-order valence-electron chi connectivity index (χ4n) is 3.26. The molecule has 0 aromatic rings. The summed E-state index contributed by atoms with van der Waals surface area (Å²) in [7, 11) is 1.22. The number of aliphatic hydroxyl groups excluding tert-OH is 4. The predicted molar refractivity (Wildman–Crippen MR) is 70.3 cm³/mol. The number of rotatable bonds is 3. The van der Waals surface area contributed by atoms with Crippen LogP contribution in [0.25, 0.3) is 0 Å². The maximum absolute atomic E-state index is 12.0. The van der Waals surface area contributed by atoms with E-state index in [9.17, 15) is 25.2 Å². The monoisotopic (exact) mass is 305 g/mol. The third-order valence-electron chi connectivity index (χ3n) is 4.49. The van der Waals surface area contributed by atoms with Gasteiger partial charge in [-0.15, -0.1) is 0 Å². The lowest BCUT2D eigenvalue weighted by molar-refractivity contribution is -0.276. The van der Waals surface area contributed by atoms with Crippen molar-refractivity contribution in [3.8, 4) is 0 Å². The van der Waals surface area contributed by atoms with E-state index in [2.05, 4.69) is 5.32 Å². The summed E-state index contributed by atoms with van der Waals surface area (Å²) >= 11 is 0. The van der Waals surface area contributed by atoms with Crippen LogP contribution >= 0.6 is 0 Å². The van der Waals surface area contributed by atoms with E-state index in [1.165, 1.54) is 7.11 Å². The fourth-order valence-corrected chi connectivity index (χ4v) is 3.26. The SMILES string of the molecule is CCC1C[C@]2(OC(CO)[C@@H](O)[C@H](O)C2O)C(C(=O)OC)N1. The van der Waals surface area contributed by atoms with Crippen molar-refractivity contribution >= 4 is 5.97 Å². The van der Waals surface area contributed by atoms with E-state index in [-0.39, 0.29) is 12.5 Å². The number of aliphatic hydroxyl groups is 4. The van der Waals surface area contributed by atoms with Crippen molar-refractivity contribution in [1.82, 2.24) is 5.32 Å². The normalized spacial score (nSPS) is 46.8. The van der Waals surface area contributed by atoms with Gasteiger partial charge < -0.3 is 29.9 Å². The summed E-state index contributed by atoms with van der Waals surface area (Å²) in [4.78, 5) is 12.0. The van der Waals surface area contributed by atoms with E-state index in [0.717, 1.165) is 0 Å². The van der Waals surface area contributed by atoms with Gasteiger partial charge >= 0.3 is 5.97 Å². The van der Waals surface area contributed by atoms with Crippen molar-refractivity contribution in [3.05, 3.63) is 0 Å². The van der Waals surface area contributed by atoms with E-state index in [1.54, 1.807) is 0 Å². The minimum absolute atomic E-state index is 0.106. The summed E-state index contributed by atoms with van der Waals surface area (Å²) in [6.07, 6.45) is -4.52. The molecule has 8 nitrogen and oxygen atoms in total. The Hall–Kier alpha value is -0.770. The zero-order valence-corrected chi connectivity index (χ0v) is 12.1. The molecule has 2 rings (SSSR count). The summed E-state index contributed by atoms with van der Waals surface area (Å²) in [5.74, 6) is -0.620. The van der Waals surface area contributed by atoms with Gasteiger partial charge in [-0.3, -0.25) is 10.1 Å². The molecule has 0 saturated carbocycles. The smallest absolute Gasteiger partial charge is 0.325 e. The van der Waals surface area contributed by atoms with Crippen molar-refractivity contribution in [3.63, 3.8) is 0 Å². The molecule has 0 aromatic heterocycles. The number of methoxy groups -OCH3 is 1. The van der Waals surface area contributed by atoms with Crippen molar-refractivity contribution in [2.24, 2.45) is 0 Å². The maximum atomic E-state index is 12.0. The first-order valence-electron chi connectivity index (χ1n) is 7.08. The zero-order chi connectivity index (χ0) is 15.8. The Morgan fingerprint density at radius 2 is 2.05 bits per heavy atom. The van der Waals surface area contributed by atoms with Gasteiger partial charge in [0, 0.05) is 6.04 Å². The minimum atomic E-state index is -1.51. The Labute approximate surface area is 122 Å². The first-order chi connectivity index (χ1) is 9.91. The number of nitrogens with one attached hydrogen (secondary N) is 1. The molecule has 21 heavy (non-hydrogen) atoms. The highest BCUT2D eigenvalue weighted by Crippen LogP contribution is 2.41. The van der Waals surface area contributed by atoms with Gasteiger partial charge in [0.25, 0.3) is 0 Å². The first-order valence-corrected chi connectivity index (χ1v) is 7.08. The highest BCUT2D eigenvalue weighted by Gasteiger charge is 2.63. The first kappa shape index (κ1) is 16.6. The molecule has 5 N–H and O–H groups in total. The molecule has 0 amide bonds. The van der Waals surface area contributed by atoms with Gasteiger partial charge in [-0.05, 0) is 12.8 Å². The second kappa shape index (κ2) is 6.15. The van der Waals surface area contributed by atoms with E-state index >= 15 is 0 Å². The van der Waals surface area contributed by atoms with Crippen LogP contribution in [0.2, 0.25) is 0 Å². The van der Waals surface area contributed by atoms with E-state index in [1.807, 2.05) is 6.92 Å². The van der Waals surface area contributed by atoms with Crippen LogP contribution in [0.5, 0.6) is 0 Å². The second-order valence-corrected chi connectivity index (χ2v) is 5.65.